The zero-order valence-electron chi connectivity index (χ0n) is 6.78. The molecule has 0 spiro atoms. The van der Waals surface area contributed by atoms with Gasteiger partial charge < -0.3 is 14.9 Å². The third-order valence-corrected chi connectivity index (χ3v) is 1.36. The van der Waals surface area contributed by atoms with E-state index in [1.165, 1.54) is 0 Å². The lowest BCUT2D eigenvalue weighted by Gasteiger charge is -2.16. The molecule has 0 amide bonds. The highest BCUT2D eigenvalue weighted by Crippen LogP contribution is 2.03. The Morgan fingerprint density at radius 3 is 2.36 bits per heavy atom. The minimum absolute atomic E-state index is 0.300. The van der Waals surface area contributed by atoms with Crippen LogP contribution in [0.5, 0.6) is 0 Å². The third kappa shape index (κ3) is 3.34. The van der Waals surface area contributed by atoms with Gasteiger partial charge in [0.1, 0.15) is 0 Å². The first kappa shape index (κ1) is 10.4. The highest BCUT2D eigenvalue weighted by molar-refractivity contribution is 5.73. The number of aliphatic hydroxyl groups excluding tert-OH is 1. The molecule has 2 N–H and O–H groups in total. The zero-order chi connectivity index (χ0) is 8.85. The Kier molecular flexibility index (Phi) is 4.81. The molecule has 0 aliphatic heterocycles. The Labute approximate surface area is 65.8 Å². The van der Waals surface area contributed by atoms with Gasteiger partial charge in [-0.25, -0.2) is 4.79 Å². The number of rotatable bonds is 5. The van der Waals surface area contributed by atoms with Crippen LogP contribution >= 0.6 is 0 Å². The largest absolute Gasteiger partial charge is 0.479 e. The van der Waals surface area contributed by atoms with E-state index in [-0.39, 0.29) is 0 Å². The summed E-state index contributed by atoms with van der Waals surface area (Å²) in [6, 6.07) is 0. The summed E-state index contributed by atoms with van der Waals surface area (Å²) < 4.78 is 4.81. The van der Waals surface area contributed by atoms with E-state index in [9.17, 15) is 4.79 Å². The van der Waals surface area contributed by atoms with Gasteiger partial charge >= 0.3 is 5.97 Å². The highest BCUT2D eigenvalue weighted by Gasteiger charge is 2.24. The Morgan fingerprint density at radius 2 is 2.09 bits per heavy atom. The van der Waals surface area contributed by atoms with E-state index in [0.717, 1.165) is 0 Å². The molecule has 66 valence electrons. The summed E-state index contributed by atoms with van der Waals surface area (Å²) in [6.07, 6.45) is -1.60. The molecular weight excluding hydrogens is 148 g/mol. The Bertz CT molecular complexity index is 124. The summed E-state index contributed by atoms with van der Waals surface area (Å²) in [7, 11) is 0. The van der Waals surface area contributed by atoms with E-state index in [0.29, 0.717) is 13.0 Å². The van der Waals surface area contributed by atoms with Crippen molar-refractivity contribution >= 4 is 5.97 Å². The van der Waals surface area contributed by atoms with Gasteiger partial charge in [-0.15, -0.1) is 0 Å². The predicted molar refractivity (Wildman–Crippen MR) is 39.3 cm³/mol. The Hall–Kier alpha value is -0.610. The van der Waals surface area contributed by atoms with Crippen molar-refractivity contribution < 1.29 is 19.7 Å². The molecule has 0 aromatic rings. The van der Waals surface area contributed by atoms with Crippen LogP contribution in [-0.2, 0) is 9.53 Å². The quantitative estimate of drug-likeness (QED) is 0.608. The van der Waals surface area contributed by atoms with Crippen LogP contribution in [0.1, 0.15) is 20.3 Å². The second-order valence-corrected chi connectivity index (χ2v) is 2.19. The minimum Gasteiger partial charge on any atom is -0.479 e. The molecule has 0 bridgehead atoms. The van der Waals surface area contributed by atoms with Gasteiger partial charge in [-0.2, -0.15) is 0 Å². The number of carboxylic acid groups (broad SMARTS) is 1. The van der Waals surface area contributed by atoms with E-state index in [4.69, 9.17) is 14.9 Å². The van der Waals surface area contributed by atoms with Crippen molar-refractivity contribution in [1.29, 1.82) is 0 Å². The molecular formula is C7H14O4. The van der Waals surface area contributed by atoms with Gasteiger partial charge in [0.25, 0.3) is 0 Å². The summed E-state index contributed by atoms with van der Waals surface area (Å²) in [5, 5.41) is 17.6. The Morgan fingerprint density at radius 1 is 1.55 bits per heavy atom. The van der Waals surface area contributed by atoms with Crippen LogP contribution in [-0.4, -0.2) is 35.0 Å². The number of hydrogen-bond donors (Lipinski definition) is 2. The van der Waals surface area contributed by atoms with Gasteiger partial charge in [0.05, 0.1) is 6.10 Å². The van der Waals surface area contributed by atoms with E-state index < -0.39 is 18.2 Å². The predicted octanol–water partition coefficient (Wildman–Crippen LogP) is 0.247. The van der Waals surface area contributed by atoms with Gasteiger partial charge in [0.2, 0.25) is 0 Å². The van der Waals surface area contributed by atoms with Crippen LogP contribution in [0.4, 0.5) is 0 Å². The van der Waals surface area contributed by atoms with Gasteiger partial charge in [0, 0.05) is 6.61 Å². The SMILES string of the molecule is CCOC(C(=O)O)C(O)CC. The van der Waals surface area contributed by atoms with Crippen molar-refractivity contribution in [1.82, 2.24) is 0 Å². The van der Waals surface area contributed by atoms with E-state index in [1.807, 2.05) is 0 Å². The first-order valence-electron chi connectivity index (χ1n) is 3.65. The lowest BCUT2D eigenvalue weighted by Crippen LogP contribution is -2.36. The molecule has 0 rings (SSSR count). The van der Waals surface area contributed by atoms with Crippen LogP contribution in [0.15, 0.2) is 0 Å². The first-order chi connectivity index (χ1) is 5.13. The van der Waals surface area contributed by atoms with Gasteiger partial charge in [-0.1, -0.05) is 6.92 Å². The fourth-order valence-electron chi connectivity index (χ4n) is 0.741. The van der Waals surface area contributed by atoms with Crippen molar-refractivity contribution in [2.24, 2.45) is 0 Å². The van der Waals surface area contributed by atoms with Crippen molar-refractivity contribution in [2.75, 3.05) is 6.61 Å². The summed E-state index contributed by atoms with van der Waals surface area (Å²) in [5.74, 6) is -1.11. The fraction of sp³-hybridized carbons (Fsp3) is 0.857. The number of carboxylic acids is 1. The van der Waals surface area contributed by atoms with E-state index in [2.05, 4.69) is 0 Å². The molecule has 0 aliphatic rings. The number of aliphatic carboxylic acids is 1. The molecule has 0 saturated heterocycles. The van der Waals surface area contributed by atoms with Crippen molar-refractivity contribution in [3.05, 3.63) is 0 Å². The number of ether oxygens (including phenoxy) is 1. The highest BCUT2D eigenvalue weighted by atomic mass is 16.5. The van der Waals surface area contributed by atoms with Crippen LogP contribution in [0.3, 0.4) is 0 Å². The molecule has 0 fully saturated rings. The van der Waals surface area contributed by atoms with Crippen LogP contribution in [0, 0.1) is 0 Å². The van der Waals surface area contributed by atoms with Crippen LogP contribution in [0.25, 0.3) is 0 Å². The summed E-state index contributed by atoms with van der Waals surface area (Å²) in [5.41, 5.74) is 0. The second-order valence-electron chi connectivity index (χ2n) is 2.19. The maximum absolute atomic E-state index is 10.4. The molecule has 0 aromatic heterocycles. The lowest BCUT2D eigenvalue weighted by molar-refractivity contribution is -0.158. The number of carbonyl (C=O) groups is 1. The average Bonchev–Trinajstić information content (AvgIpc) is 1.98. The average molecular weight is 162 g/mol. The lowest BCUT2D eigenvalue weighted by atomic mass is 10.1. The third-order valence-electron chi connectivity index (χ3n) is 1.36. The standard InChI is InChI=1S/C7H14O4/c1-3-5(8)6(7(9)10)11-4-2/h5-6,8H,3-4H2,1-2H3,(H,9,10). The van der Waals surface area contributed by atoms with E-state index >= 15 is 0 Å². The molecule has 0 aromatic carbocycles. The molecule has 4 heteroatoms. The topological polar surface area (TPSA) is 66.8 Å². The van der Waals surface area contributed by atoms with Crippen LogP contribution < -0.4 is 0 Å². The van der Waals surface area contributed by atoms with Gasteiger partial charge in [0.15, 0.2) is 6.10 Å². The Balaban J connectivity index is 3.97. The van der Waals surface area contributed by atoms with Gasteiger partial charge in [-0.3, -0.25) is 0 Å². The summed E-state index contributed by atoms with van der Waals surface area (Å²) in [6.45, 7) is 3.70. The van der Waals surface area contributed by atoms with Gasteiger partial charge in [-0.05, 0) is 13.3 Å². The molecule has 2 unspecified atom stereocenters. The molecule has 0 saturated carbocycles. The van der Waals surface area contributed by atoms with Crippen molar-refractivity contribution in [2.45, 2.75) is 32.5 Å². The summed E-state index contributed by atoms with van der Waals surface area (Å²) >= 11 is 0. The summed E-state index contributed by atoms with van der Waals surface area (Å²) in [4.78, 5) is 10.4. The molecule has 0 aliphatic carbocycles. The molecule has 4 nitrogen and oxygen atoms in total. The van der Waals surface area contributed by atoms with Crippen LogP contribution in [0.2, 0.25) is 0 Å². The first-order valence-corrected chi connectivity index (χ1v) is 3.65. The molecule has 0 radical (unpaired) electrons. The monoisotopic (exact) mass is 162 g/mol. The maximum Gasteiger partial charge on any atom is 0.335 e. The molecule has 0 heterocycles. The number of aliphatic hydroxyl groups is 1. The molecule has 2 atom stereocenters. The van der Waals surface area contributed by atoms with Crippen molar-refractivity contribution in [3.63, 3.8) is 0 Å². The smallest absolute Gasteiger partial charge is 0.335 e. The normalized spacial score (nSPS) is 15.9. The molecule has 11 heavy (non-hydrogen) atoms. The maximum atomic E-state index is 10.4. The minimum atomic E-state index is -1.11. The number of hydrogen-bond acceptors (Lipinski definition) is 3. The zero-order valence-corrected chi connectivity index (χ0v) is 6.78. The fourth-order valence-corrected chi connectivity index (χ4v) is 0.741. The van der Waals surface area contributed by atoms with Crippen molar-refractivity contribution in [3.8, 4) is 0 Å². The van der Waals surface area contributed by atoms with E-state index in [1.54, 1.807) is 13.8 Å². The second kappa shape index (κ2) is 5.09.